The molecule has 8 nitrogen and oxygen atoms in total. The molecule has 2 N–H and O–H groups in total. The van der Waals surface area contributed by atoms with Gasteiger partial charge in [0.15, 0.2) is 5.13 Å². The number of aromatic nitrogens is 2. The van der Waals surface area contributed by atoms with E-state index in [-0.39, 0.29) is 16.3 Å². The van der Waals surface area contributed by atoms with Crippen LogP contribution in [0.25, 0.3) is 11.1 Å². The molecule has 1 aliphatic rings. The zero-order valence-electron chi connectivity index (χ0n) is 18.9. The molecule has 1 amide bonds. The van der Waals surface area contributed by atoms with Crippen molar-refractivity contribution < 1.29 is 17.9 Å². The van der Waals surface area contributed by atoms with Crippen LogP contribution in [0.2, 0.25) is 0 Å². The topological polar surface area (TPSA) is 110 Å². The minimum Gasteiger partial charge on any atom is -0.495 e. The van der Waals surface area contributed by atoms with E-state index in [2.05, 4.69) is 20.0 Å². The Balaban J connectivity index is 1.52. The summed E-state index contributed by atoms with van der Waals surface area (Å²) in [6.45, 7) is 5.47. The first-order chi connectivity index (χ1) is 15.6. The van der Waals surface area contributed by atoms with E-state index < -0.39 is 15.4 Å². The summed E-state index contributed by atoms with van der Waals surface area (Å²) < 4.78 is 32.4. The number of thiazole rings is 1. The number of rotatable bonds is 8. The lowest BCUT2D eigenvalue weighted by molar-refractivity contribution is -0.120. The summed E-state index contributed by atoms with van der Waals surface area (Å²) >= 11 is 1.17. The molecule has 2 aromatic heterocycles. The van der Waals surface area contributed by atoms with E-state index in [1.165, 1.54) is 11.3 Å². The van der Waals surface area contributed by atoms with Gasteiger partial charge in [0.1, 0.15) is 5.75 Å². The van der Waals surface area contributed by atoms with Crippen LogP contribution in [0.5, 0.6) is 5.75 Å². The first kappa shape index (κ1) is 23.2. The van der Waals surface area contributed by atoms with Gasteiger partial charge in [-0.2, -0.15) is 0 Å². The molecule has 174 valence electrons. The fraction of sp³-hybridized carbons (Fsp3) is 0.348. The van der Waals surface area contributed by atoms with Crippen LogP contribution in [-0.4, -0.2) is 36.7 Å². The first-order valence-electron chi connectivity index (χ1n) is 10.5. The third-order valence-corrected chi connectivity index (χ3v) is 8.28. The van der Waals surface area contributed by atoms with Crippen molar-refractivity contribution in [1.29, 1.82) is 0 Å². The van der Waals surface area contributed by atoms with Gasteiger partial charge in [-0.25, -0.2) is 13.4 Å². The van der Waals surface area contributed by atoms with E-state index in [0.29, 0.717) is 30.0 Å². The molecular weight excluding hydrogens is 460 g/mol. The maximum absolute atomic E-state index is 13.2. The number of hydrogen-bond acceptors (Lipinski definition) is 7. The number of nitrogens with zero attached hydrogens (tertiary/aromatic N) is 2. The minimum absolute atomic E-state index is 0.270. The van der Waals surface area contributed by atoms with Crippen LogP contribution in [0.1, 0.15) is 37.9 Å². The van der Waals surface area contributed by atoms with Crippen LogP contribution in [-0.2, 0) is 20.2 Å². The number of hydrogen-bond donors (Lipinski definition) is 2. The number of pyridine rings is 1. The van der Waals surface area contributed by atoms with Crippen LogP contribution in [0.4, 0.5) is 10.8 Å². The maximum atomic E-state index is 13.2. The second kappa shape index (κ2) is 8.75. The SMILES string of the molecule is COc1cc(-c2cncc(C)c2)ccc1NC(=O)C(C)(C)c1csc(NS(=O)(=O)C2CC2)n1. The van der Waals surface area contributed by atoms with Gasteiger partial charge in [-0.3, -0.25) is 14.5 Å². The highest BCUT2D eigenvalue weighted by Gasteiger charge is 2.37. The second-order valence-electron chi connectivity index (χ2n) is 8.63. The fourth-order valence-corrected chi connectivity index (χ4v) is 5.75. The Morgan fingerprint density at radius 3 is 2.61 bits per heavy atom. The zero-order valence-corrected chi connectivity index (χ0v) is 20.5. The molecule has 0 aliphatic heterocycles. The van der Waals surface area contributed by atoms with Crippen molar-refractivity contribution in [1.82, 2.24) is 9.97 Å². The third-order valence-electron chi connectivity index (χ3n) is 5.56. The predicted molar refractivity (Wildman–Crippen MR) is 130 cm³/mol. The molecule has 0 unspecified atom stereocenters. The summed E-state index contributed by atoms with van der Waals surface area (Å²) in [4.78, 5) is 21.8. The van der Waals surface area contributed by atoms with Crippen LogP contribution in [0.3, 0.4) is 0 Å². The van der Waals surface area contributed by atoms with Gasteiger partial charge in [-0.15, -0.1) is 11.3 Å². The molecular formula is C23H26N4O4S2. The molecule has 0 radical (unpaired) electrons. The lowest BCUT2D eigenvalue weighted by Crippen LogP contribution is -2.35. The number of ether oxygens (including phenoxy) is 1. The zero-order chi connectivity index (χ0) is 23.8. The maximum Gasteiger partial charge on any atom is 0.237 e. The van der Waals surface area contributed by atoms with Crippen molar-refractivity contribution >= 4 is 38.1 Å². The summed E-state index contributed by atoms with van der Waals surface area (Å²) in [7, 11) is -1.85. The Hall–Kier alpha value is -2.98. The summed E-state index contributed by atoms with van der Waals surface area (Å²) in [5.41, 5.74) is 2.95. The number of sulfonamides is 1. The van der Waals surface area contributed by atoms with Crippen LogP contribution in [0.15, 0.2) is 42.0 Å². The molecule has 0 saturated heterocycles. The number of aryl methyl sites for hydroxylation is 1. The van der Waals surface area contributed by atoms with Gasteiger partial charge in [-0.1, -0.05) is 6.07 Å². The van der Waals surface area contributed by atoms with E-state index in [1.807, 2.05) is 25.1 Å². The minimum atomic E-state index is -3.40. The number of carbonyl (C=O) groups is 1. The van der Waals surface area contributed by atoms with Crippen molar-refractivity contribution in [2.75, 3.05) is 17.1 Å². The molecule has 33 heavy (non-hydrogen) atoms. The summed E-state index contributed by atoms with van der Waals surface area (Å²) in [5, 5.41) is 4.56. The number of carbonyl (C=O) groups excluding carboxylic acids is 1. The molecule has 2 heterocycles. The van der Waals surface area contributed by atoms with Crippen molar-refractivity contribution in [3.63, 3.8) is 0 Å². The number of anilines is 2. The van der Waals surface area contributed by atoms with E-state index >= 15 is 0 Å². The Bertz CT molecular complexity index is 1300. The van der Waals surface area contributed by atoms with Gasteiger partial charge < -0.3 is 10.1 Å². The number of nitrogens with one attached hydrogen (secondary N) is 2. The molecule has 0 spiro atoms. The first-order valence-corrected chi connectivity index (χ1v) is 12.9. The Morgan fingerprint density at radius 1 is 1.18 bits per heavy atom. The van der Waals surface area contributed by atoms with E-state index in [0.717, 1.165) is 16.7 Å². The largest absolute Gasteiger partial charge is 0.495 e. The lowest BCUT2D eigenvalue weighted by Gasteiger charge is -2.22. The molecule has 4 rings (SSSR count). The molecule has 1 saturated carbocycles. The van der Waals surface area contributed by atoms with Crippen molar-refractivity contribution in [2.45, 2.75) is 44.3 Å². The molecule has 0 atom stereocenters. The summed E-state index contributed by atoms with van der Waals surface area (Å²) in [5.74, 6) is 0.238. The Morgan fingerprint density at radius 2 is 1.94 bits per heavy atom. The van der Waals surface area contributed by atoms with Crippen LogP contribution < -0.4 is 14.8 Å². The standard InChI is InChI=1S/C23H26N4O4S2/c1-14-9-16(12-24-11-14)15-5-8-18(19(10-15)31-4)25-21(28)23(2,3)20-13-32-22(26-20)27-33(29,30)17-6-7-17/h5,8-13,17H,6-7H2,1-4H3,(H,25,28)(H,26,27). The average Bonchev–Trinajstić information content (AvgIpc) is 3.54. The molecule has 10 heteroatoms. The molecule has 3 aromatic rings. The van der Waals surface area contributed by atoms with Gasteiger partial charge in [-0.05, 0) is 62.9 Å². The van der Waals surface area contributed by atoms with Gasteiger partial charge in [0.2, 0.25) is 15.9 Å². The van der Waals surface area contributed by atoms with Crippen molar-refractivity contribution in [3.8, 4) is 16.9 Å². The Kier molecular flexibility index (Phi) is 6.15. The highest BCUT2D eigenvalue weighted by molar-refractivity contribution is 7.93. The van der Waals surface area contributed by atoms with Crippen molar-refractivity contribution in [2.24, 2.45) is 0 Å². The van der Waals surface area contributed by atoms with Crippen LogP contribution in [0, 0.1) is 6.92 Å². The number of amides is 1. The Labute approximate surface area is 197 Å². The normalized spacial score (nSPS) is 14.1. The van der Waals surface area contributed by atoms with E-state index in [1.54, 1.807) is 44.8 Å². The summed E-state index contributed by atoms with van der Waals surface area (Å²) in [6.07, 6.45) is 4.91. The van der Waals surface area contributed by atoms with E-state index in [4.69, 9.17) is 4.74 Å². The predicted octanol–water partition coefficient (Wildman–Crippen LogP) is 4.34. The van der Waals surface area contributed by atoms with Crippen LogP contribution >= 0.6 is 11.3 Å². The van der Waals surface area contributed by atoms with Gasteiger partial charge in [0, 0.05) is 23.3 Å². The van der Waals surface area contributed by atoms with Gasteiger partial charge in [0.25, 0.3) is 0 Å². The molecule has 1 aliphatic carbocycles. The summed E-state index contributed by atoms with van der Waals surface area (Å²) in [6, 6.07) is 7.57. The second-order valence-corrected chi connectivity index (χ2v) is 11.4. The van der Waals surface area contributed by atoms with Crippen molar-refractivity contribution in [3.05, 3.63) is 53.3 Å². The monoisotopic (exact) mass is 486 g/mol. The molecule has 1 aromatic carbocycles. The highest BCUT2D eigenvalue weighted by atomic mass is 32.2. The molecule has 0 bridgehead atoms. The highest BCUT2D eigenvalue weighted by Crippen LogP contribution is 2.35. The molecule has 1 fully saturated rings. The average molecular weight is 487 g/mol. The number of benzene rings is 1. The van der Waals surface area contributed by atoms with Gasteiger partial charge in [0.05, 0.1) is 29.2 Å². The lowest BCUT2D eigenvalue weighted by atomic mass is 9.89. The fourth-order valence-electron chi connectivity index (χ4n) is 3.27. The van der Waals surface area contributed by atoms with Gasteiger partial charge >= 0.3 is 0 Å². The number of methoxy groups -OCH3 is 1. The third kappa shape index (κ3) is 5.01. The smallest absolute Gasteiger partial charge is 0.237 e. The van der Waals surface area contributed by atoms with E-state index in [9.17, 15) is 13.2 Å². The quantitative estimate of drug-likeness (QED) is 0.490.